The molecular weight excluding hydrogens is 453 g/mol. The Bertz CT molecular complexity index is 1190. The first-order chi connectivity index (χ1) is 17.1. The Morgan fingerprint density at radius 3 is 2.58 bits per heavy atom. The van der Waals surface area contributed by atoms with E-state index in [4.69, 9.17) is 5.73 Å². The molecule has 1 fully saturated rings. The number of piperidine rings is 1. The number of carbonyl (C=O) groups excluding carboxylic acids is 2. The number of carbonyl (C=O) groups is 2. The van der Waals surface area contributed by atoms with E-state index in [1.165, 1.54) is 6.07 Å². The number of nitrogens with zero attached hydrogens (tertiary/aromatic N) is 1. The van der Waals surface area contributed by atoms with Crippen LogP contribution in [0.1, 0.15) is 61.5 Å². The van der Waals surface area contributed by atoms with Crippen molar-refractivity contribution in [1.29, 1.82) is 0 Å². The van der Waals surface area contributed by atoms with Crippen molar-refractivity contribution >= 4 is 17.5 Å². The molecule has 2 unspecified atom stereocenters. The maximum Gasteiger partial charge on any atom is 0.257 e. The number of amides is 2. The molecule has 2 aromatic rings. The molecule has 2 aliphatic rings. The third-order valence-corrected chi connectivity index (χ3v) is 7.29. The molecule has 4 rings (SSSR count). The van der Waals surface area contributed by atoms with E-state index in [9.17, 15) is 14.0 Å². The van der Waals surface area contributed by atoms with Crippen LogP contribution in [0, 0.1) is 24.6 Å². The molecule has 0 aromatic heterocycles. The van der Waals surface area contributed by atoms with Gasteiger partial charge in [-0.1, -0.05) is 57.2 Å². The fourth-order valence-electron chi connectivity index (χ4n) is 5.38. The summed E-state index contributed by atoms with van der Waals surface area (Å²) < 4.78 is 14.8. The van der Waals surface area contributed by atoms with Crippen LogP contribution in [-0.2, 0) is 10.2 Å². The van der Waals surface area contributed by atoms with Gasteiger partial charge in [0, 0.05) is 23.8 Å². The van der Waals surface area contributed by atoms with Crippen LogP contribution in [0.3, 0.4) is 0 Å². The molecule has 1 aliphatic heterocycles. The first kappa shape index (κ1) is 25.7. The third-order valence-electron chi connectivity index (χ3n) is 7.29. The lowest BCUT2D eigenvalue weighted by molar-refractivity contribution is -0.123. The second-order valence-corrected chi connectivity index (χ2v) is 11.0. The number of allylic oxidation sites excluding steroid dienone is 3. The standard InChI is InChI=1S/C30H36FN3O2/c1-19-9-5-15-25(31)26(19)29(36)34-16-8-14-24(27(34)20-10-6-12-22(32)17-20)28(35)33-23-13-7-11-21(18-23)30(2,3)4/h5-7,9-13,15,18,20,24,27H,8,14,16-17,32H2,1-4H3,(H,33,35)/t20?,24?,27-/m0/s1. The summed E-state index contributed by atoms with van der Waals surface area (Å²) >= 11 is 0. The van der Waals surface area contributed by atoms with Crippen LogP contribution in [0.15, 0.2) is 66.4 Å². The summed E-state index contributed by atoms with van der Waals surface area (Å²) in [4.78, 5) is 29.2. The summed E-state index contributed by atoms with van der Waals surface area (Å²) in [5.41, 5.74) is 9.34. The van der Waals surface area contributed by atoms with E-state index in [0.29, 0.717) is 37.1 Å². The highest BCUT2D eigenvalue weighted by Gasteiger charge is 2.43. The van der Waals surface area contributed by atoms with Crippen molar-refractivity contribution < 1.29 is 14.0 Å². The Labute approximate surface area is 213 Å². The second kappa shape index (κ2) is 10.3. The Morgan fingerprint density at radius 1 is 1.14 bits per heavy atom. The van der Waals surface area contributed by atoms with Crippen LogP contribution in [-0.4, -0.2) is 29.3 Å². The van der Waals surface area contributed by atoms with E-state index < -0.39 is 17.8 Å². The maximum absolute atomic E-state index is 14.8. The lowest BCUT2D eigenvalue weighted by Crippen LogP contribution is -2.55. The first-order valence-electron chi connectivity index (χ1n) is 12.7. The lowest BCUT2D eigenvalue weighted by Gasteiger charge is -2.44. The van der Waals surface area contributed by atoms with E-state index in [2.05, 4.69) is 32.2 Å². The van der Waals surface area contributed by atoms with Crippen molar-refractivity contribution in [2.45, 2.75) is 58.4 Å². The van der Waals surface area contributed by atoms with E-state index in [0.717, 1.165) is 11.3 Å². The molecule has 3 N–H and O–H groups in total. The van der Waals surface area contributed by atoms with Crippen LogP contribution < -0.4 is 11.1 Å². The Kier molecular flexibility index (Phi) is 7.34. The van der Waals surface area contributed by atoms with Crippen LogP contribution >= 0.6 is 0 Å². The fourth-order valence-corrected chi connectivity index (χ4v) is 5.38. The van der Waals surface area contributed by atoms with Gasteiger partial charge in [0.1, 0.15) is 5.82 Å². The summed E-state index contributed by atoms with van der Waals surface area (Å²) in [5, 5.41) is 3.11. The number of anilines is 1. The van der Waals surface area contributed by atoms with Gasteiger partial charge in [-0.2, -0.15) is 0 Å². The number of benzene rings is 2. The van der Waals surface area contributed by atoms with Crippen LogP contribution in [0.4, 0.5) is 10.1 Å². The van der Waals surface area contributed by atoms with Gasteiger partial charge in [-0.15, -0.1) is 0 Å². The maximum atomic E-state index is 14.8. The van der Waals surface area contributed by atoms with Gasteiger partial charge in [-0.3, -0.25) is 9.59 Å². The number of rotatable bonds is 4. The Morgan fingerprint density at radius 2 is 1.89 bits per heavy atom. The van der Waals surface area contributed by atoms with E-state index in [1.54, 1.807) is 24.0 Å². The minimum atomic E-state index is -0.539. The molecule has 1 heterocycles. The molecular formula is C30H36FN3O2. The predicted octanol–water partition coefficient (Wildman–Crippen LogP) is 5.71. The lowest BCUT2D eigenvalue weighted by atomic mass is 9.77. The number of aryl methyl sites for hydroxylation is 1. The smallest absolute Gasteiger partial charge is 0.257 e. The van der Waals surface area contributed by atoms with Crippen molar-refractivity contribution in [3.63, 3.8) is 0 Å². The highest BCUT2D eigenvalue weighted by atomic mass is 19.1. The van der Waals surface area contributed by atoms with Gasteiger partial charge in [0.05, 0.1) is 17.5 Å². The minimum absolute atomic E-state index is 0.0499. The summed E-state index contributed by atoms with van der Waals surface area (Å²) in [6.45, 7) is 8.60. The number of hydrogen-bond donors (Lipinski definition) is 2. The molecule has 190 valence electrons. The average Bonchev–Trinajstić information content (AvgIpc) is 2.83. The number of likely N-dealkylation sites (tertiary alicyclic amines) is 1. The molecule has 0 radical (unpaired) electrons. The SMILES string of the molecule is Cc1cccc(F)c1C(=O)N1CCCC(C(=O)Nc2cccc(C(C)(C)C)c2)[C@@H]1C1C=CC=C(N)C1. The molecule has 0 saturated carbocycles. The molecule has 5 nitrogen and oxygen atoms in total. The number of hydrogen-bond acceptors (Lipinski definition) is 3. The van der Waals surface area contributed by atoms with Gasteiger partial charge in [-0.25, -0.2) is 4.39 Å². The Hall–Kier alpha value is -3.41. The van der Waals surface area contributed by atoms with Gasteiger partial charge in [0.25, 0.3) is 5.91 Å². The number of nitrogens with two attached hydrogens (primary N) is 1. The summed E-state index contributed by atoms with van der Waals surface area (Å²) in [7, 11) is 0. The zero-order chi connectivity index (χ0) is 26.0. The van der Waals surface area contributed by atoms with Gasteiger partial charge >= 0.3 is 0 Å². The second-order valence-electron chi connectivity index (χ2n) is 11.0. The highest BCUT2D eigenvalue weighted by molar-refractivity contribution is 5.98. The van der Waals surface area contributed by atoms with Gasteiger partial charge in [0.15, 0.2) is 0 Å². The fraction of sp³-hybridized carbons (Fsp3) is 0.400. The number of nitrogens with one attached hydrogen (secondary N) is 1. The quantitative estimate of drug-likeness (QED) is 0.578. The van der Waals surface area contributed by atoms with Crippen LogP contribution in [0.5, 0.6) is 0 Å². The zero-order valence-corrected chi connectivity index (χ0v) is 21.6. The van der Waals surface area contributed by atoms with Crippen molar-refractivity contribution in [2.24, 2.45) is 17.6 Å². The zero-order valence-electron chi connectivity index (χ0n) is 21.6. The van der Waals surface area contributed by atoms with Crippen molar-refractivity contribution in [3.05, 3.63) is 88.9 Å². The molecule has 1 saturated heterocycles. The largest absolute Gasteiger partial charge is 0.402 e. The third kappa shape index (κ3) is 5.38. The molecule has 36 heavy (non-hydrogen) atoms. The van der Waals surface area contributed by atoms with Gasteiger partial charge in [-0.05, 0) is 67.0 Å². The normalized spacial score (nSPS) is 22.2. The van der Waals surface area contributed by atoms with Crippen LogP contribution in [0.25, 0.3) is 0 Å². The average molecular weight is 490 g/mol. The van der Waals surface area contributed by atoms with E-state index in [-0.39, 0.29) is 28.7 Å². The molecule has 3 atom stereocenters. The van der Waals surface area contributed by atoms with E-state index in [1.807, 2.05) is 36.4 Å². The predicted molar refractivity (Wildman–Crippen MR) is 142 cm³/mol. The molecule has 1 aliphatic carbocycles. The van der Waals surface area contributed by atoms with Gasteiger partial charge in [0.2, 0.25) is 5.91 Å². The molecule has 2 amide bonds. The summed E-state index contributed by atoms with van der Waals surface area (Å²) in [5.74, 6) is -1.63. The number of halogens is 1. The van der Waals surface area contributed by atoms with Crippen molar-refractivity contribution in [2.75, 3.05) is 11.9 Å². The van der Waals surface area contributed by atoms with Crippen LogP contribution in [0.2, 0.25) is 0 Å². The Balaban J connectivity index is 1.67. The summed E-state index contributed by atoms with van der Waals surface area (Å²) in [6.07, 6.45) is 7.60. The highest BCUT2D eigenvalue weighted by Crippen LogP contribution is 2.36. The van der Waals surface area contributed by atoms with Crippen molar-refractivity contribution in [1.82, 2.24) is 4.90 Å². The first-order valence-corrected chi connectivity index (χ1v) is 12.7. The summed E-state index contributed by atoms with van der Waals surface area (Å²) in [6, 6.07) is 12.1. The molecule has 0 bridgehead atoms. The molecule has 6 heteroatoms. The molecule has 2 aromatic carbocycles. The van der Waals surface area contributed by atoms with Gasteiger partial charge < -0.3 is 16.0 Å². The molecule has 0 spiro atoms. The minimum Gasteiger partial charge on any atom is -0.402 e. The monoisotopic (exact) mass is 489 g/mol. The van der Waals surface area contributed by atoms with Crippen molar-refractivity contribution in [3.8, 4) is 0 Å². The van der Waals surface area contributed by atoms with E-state index >= 15 is 0 Å². The topological polar surface area (TPSA) is 75.4 Å².